The van der Waals surface area contributed by atoms with Crippen molar-refractivity contribution in [3.63, 3.8) is 0 Å². The van der Waals surface area contributed by atoms with Crippen molar-refractivity contribution in [2.45, 2.75) is 13.0 Å². The summed E-state index contributed by atoms with van der Waals surface area (Å²) >= 11 is 11.5. The molecule has 1 atom stereocenters. The maximum absolute atomic E-state index is 5.79. The fourth-order valence-corrected chi connectivity index (χ4v) is 1.15. The highest BCUT2D eigenvalue weighted by molar-refractivity contribution is 6.42. The summed E-state index contributed by atoms with van der Waals surface area (Å²) in [6, 6.07) is 5.28. The molecule has 0 aliphatic carbocycles. The summed E-state index contributed by atoms with van der Waals surface area (Å²) in [4.78, 5) is 4.63. The van der Waals surface area contributed by atoms with Gasteiger partial charge < -0.3 is 0 Å². The van der Waals surface area contributed by atoms with E-state index >= 15 is 0 Å². The summed E-state index contributed by atoms with van der Waals surface area (Å²) in [6.07, 6.45) is -0.167. The Morgan fingerprint density at radius 2 is 2.00 bits per heavy atom. The number of hydrogen-bond donors (Lipinski definition) is 1. The SMILES string of the molecule is CC(ON)c1ccc(Cl)c(Cl)c1. The third-order valence-corrected chi connectivity index (χ3v) is 2.36. The van der Waals surface area contributed by atoms with Crippen molar-refractivity contribution in [3.05, 3.63) is 33.8 Å². The molecule has 2 N–H and O–H groups in total. The lowest BCUT2D eigenvalue weighted by Crippen LogP contribution is -2.04. The van der Waals surface area contributed by atoms with Gasteiger partial charge in [0.1, 0.15) is 6.10 Å². The van der Waals surface area contributed by atoms with Crippen molar-refractivity contribution in [2.75, 3.05) is 0 Å². The van der Waals surface area contributed by atoms with Crippen molar-refractivity contribution in [3.8, 4) is 0 Å². The van der Waals surface area contributed by atoms with E-state index in [9.17, 15) is 0 Å². The first kappa shape index (κ1) is 9.81. The molecule has 0 fully saturated rings. The van der Waals surface area contributed by atoms with E-state index in [4.69, 9.17) is 29.1 Å². The summed E-state index contributed by atoms with van der Waals surface area (Å²) in [5.74, 6) is 5.02. The molecule has 1 unspecified atom stereocenters. The van der Waals surface area contributed by atoms with Crippen molar-refractivity contribution < 1.29 is 4.84 Å². The van der Waals surface area contributed by atoms with Crippen LogP contribution in [0, 0.1) is 0 Å². The van der Waals surface area contributed by atoms with Crippen LogP contribution in [0.25, 0.3) is 0 Å². The molecule has 0 amide bonds. The smallest absolute Gasteiger partial charge is 0.101 e. The maximum atomic E-state index is 5.79. The van der Waals surface area contributed by atoms with Gasteiger partial charge in [-0.05, 0) is 24.6 Å². The second-order valence-electron chi connectivity index (χ2n) is 2.45. The molecule has 2 nitrogen and oxygen atoms in total. The van der Waals surface area contributed by atoms with E-state index in [2.05, 4.69) is 4.84 Å². The standard InChI is InChI=1S/C8H9Cl2NO/c1-5(12-11)6-2-3-7(9)8(10)4-6/h2-5H,11H2,1H3. The Morgan fingerprint density at radius 1 is 1.33 bits per heavy atom. The minimum atomic E-state index is -0.167. The van der Waals surface area contributed by atoms with Gasteiger partial charge in [-0.15, -0.1) is 0 Å². The van der Waals surface area contributed by atoms with Crippen LogP contribution in [0.5, 0.6) is 0 Å². The molecule has 66 valence electrons. The first-order valence-electron chi connectivity index (χ1n) is 3.45. The first-order valence-corrected chi connectivity index (χ1v) is 4.21. The Labute approximate surface area is 81.2 Å². The van der Waals surface area contributed by atoms with Crippen LogP contribution < -0.4 is 5.90 Å². The molecule has 0 bridgehead atoms. The highest BCUT2D eigenvalue weighted by atomic mass is 35.5. The monoisotopic (exact) mass is 205 g/mol. The zero-order valence-electron chi connectivity index (χ0n) is 6.55. The van der Waals surface area contributed by atoms with Gasteiger partial charge in [0.15, 0.2) is 0 Å². The predicted molar refractivity (Wildman–Crippen MR) is 50.1 cm³/mol. The van der Waals surface area contributed by atoms with Crippen LogP contribution in [0.4, 0.5) is 0 Å². The van der Waals surface area contributed by atoms with Crippen molar-refractivity contribution in [2.24, 2.45) is 5.90 Å². The van der Waals surface area contributed by atoms with E-state index in [0.717, 1.165) is 5.56 Å². The average molecular weight is 206 g/mol. The largest absolute Gasteiger partial charge is 0.297 e. The number of halogens is 2. The van der Waals surface area contributed by atoms with E-state index in [1.807, 2.05) is 13.0 Å². The summed E-state index contributed by atoms with van der Waals surface area (Å²) in [7, 11) is 0. The Kier molecular flexibility index (Phi) is 3.35. The Morgan fingerprint density at radius 3 is 2.50 bits per heavy atom. The molecule has 0 aliphatic rings. The molecule has 12 heavy (non-hydrogen) atoms. The Hall–Kier alpha value is -0.280. The van der Waals surface area contributed by atoms with E-state index in [-0.39, 0.29) is 6.10 Å². The van der Waals surface area contributed by atoms with E-state index in [1.165, 1.54) is 0 Å². The fourth-order valence-electron chi connectivity index (χ4n) is 0.844. The molecule has 1 rings (SSSR count). The van der Waals surface area contributed by atoms with Gasteiger partial charge in [0.2, 0.25) is 0 Å². The van der Waals surface area contributed by atoms with Crippen molar-refractivity contribution >= 4 is 23.2 Å². The normalized spacial score (nSPS) is 13.0. The molecular weight excluding hydrogens is 197 g/mol. The predicted octanol–water partition coefficient (Wildman–Crippen LogP) is 2.94. The third kappa shape index (κ3) is 2.11. The second-order valence-corrected chi connectivity index (χ2v) is 3.27. The zero-order valence-corrected chi connectivity index (χ0v) is 8.06. The molecule has 4 heteroatoms. The highest BCUT2D eigenvalue weighted by Crippen LogP contribution is 2.26. The number of rotatable bonds is 2. The molecule has 0 aromatic heterocycles. The lowest BCUT2D eigenvalue weighted by Gasteiger charge is -2.09. The van der Waals surface area contributed by atoms with Gasteiger partial charge in [0.25, 0.3) is 0 Å². The molecule has 0 radical (unpaired) electrons. The van der Waals surface area contributed by atoms with Crippen LogP contribution in [0.2, 0.25) is 10.0 Å². The molecule has 0 spiro atoms. The van der Waals surface area contributed by atoms with Crippen molar-refractivity contribution in [1.82, 2.24) is 0 Å². The average Bonchev–Trinajstić information content (AvgIpc) is 2.08. The molecule has 1 aromatic rings. The molecule has 0 heterocycles. The summed E-state index contributed by atoms with van der Waals surface area (Å²) < 4.78 is 0. The molecular formula is C8H9Cl2NO. The van der Waals surface area contributed by atoms with E-state index in [0.29, 0.717) is 10.0 Å². The fraction of sp³-hybridized carbons (Fsp3) is 0.250. The maximum Gasteiger partial charge on any atom is 0.101 e. The van der Waals surface area contributed by atoms with E-state index < -0.39 is 0 Å². The molecule has 1 aromatic carbocycles. The first-order chi connectivity index (χ1) is 5.65. The van der Waals surface area contributed by atoms with Crippen molar-refractivity contribution in [1.29, 1.82) is 0 Å². The minimum absolute atomic E-state index is 0.167. The number of benzene rings is 1. The van der Waals surface area contributed by atoms with Crippen LogP contribution in [0.15, 0.2) is 18.2 Å². The van der Waals surface area contributed by atoms with Crippen LogP contribution in [-0.2, 0) is 4.84 Å². The van der Waals surface area contributed by atoms with Crippen LogP contribution in [-0.4, -0.2) is 0 Å². The van der Waals surface area contributed by atoms with Gasteiger partial charge in [0.05, 0.1) is 10.0 Å². The molecule has 0 saturated carbocycles. The topological polar surface area (TPSA) is 35.2 Å². The third-order valence-electron chi connectivity index (χ3n) is 1.62. The summed E-state index contributed by atoms with van der Waals surface area (Å²) in [5.41, 5.74) is 0.909. The van der Waals surface area contributed by atoms with Gasteiger partial charge in [-0.1, -0.05) is 29.3 Å². The molecule has 0 saturated heterocycles. The highest BCUT2D eigenvalue weighted by Gasteiger charge is 2.06. The summed E-state index contributed by atoms with van der Waals surface area (Å²) in [6.45, 7) is 1.83. The zero-order chi connectivity index (χ0) is 9.14. The summed E-state index contributed by atoms with van der Waals surface area (Å²) in [5, 5.41) is 1.04. The van der Waals surface area contributed by atoms with Crippen LogP contribution in [0.1, 0.15) is 18.6 Å². The Balaban J connectivity index is 2.96. The number of nitrogens with two attached hydrogens (primary N) is 1. The lowest BCUT2D eigenvalue weighted by atomic mass is 10.1. The van der Waals surface area contributed by atoms with Gasteiger partial charge >= 0.3 is 0 Å². The quantitative estimate of drug-likeness (QED) is 0.755. The molecule has 0 aliphatic heterocycles. The Bertz CT molecular complexity index is 278. The van der Waals surface area contributed by atoms with Gasteiger partial charge in [0, 0.05) is 0 Å². The van der Waals surface area contributed by atoms with Crippen LogP contribution in [0.3, 0.4) is 0 Å². The van der Waals surface area contributed by atoms with E-state index in [1.54, 1.807) is 12.1 Å². The lowest BCUT2D eigenvalue weighted by molar-refractivity contribution is 0.0664. The minimum Gasteiger partial charge on any atom is -0.297 e. The van der Waals surface area contributed by atoms with Gasteiger partial charge in [-0.3, -0.25) is 4.84 Å². The van der Waals surface area contributed by atoms with Gasteiger partial charge in [-0.2, -0.15) is 0 Å². The second kappa shape index (κ2) is 4.10. The van der Waals surface area contributed by atoms with Crippen LogP contribution >= 0.6 is 23.2 Å². The van der Waals surface area contributed by atoms with Gasteiger partial charge in [-0.25, -0.2) is 5.90 Å². The number of hydrogen-bond acceptors (Lipinski definition) is 2.